The van der Waals surface area contributed by atoms with E-state index in [1.807, 2.05) is 0 Å². The van der Waals surface area contributed by atoms with Gasteiger partial charge in [-0.25, -0.2) is 0 Å². The van der Waals surface area contributed by atoms with E-state index >= 15 is 0 Å². The summed E-state index contributed by atoms with van der Waals surface area (Å²) in [6, 6.07) is 94.3. The van der Waals surface area contributed by atoms with Crippen LogP contribution in [0, 0.1) is 0 Å². The fourth-order valence-corrected chi connectivity index (χ4v) is 15.1. The van der Waals surface area contributed by atoms with Gasteiger partial charge in [0.25, 0.3) is 0 Å². The van der Waals surface area contributed by atoms with Gasteiger partial charge in [0.15, 0.2) is 8.07 Å². The van der Waals surface area contributed by atoms with Gasteiger partial charge in [0.1, 0.15) is 0 Å². The summed E-state index contributed by atoms with van der Waals surface area (Å²) in [5.74, 6) is 0. The van der Waals surface area contributed by atoms with Crippen LogP contribution in [0.5, 0.6) is 0 Å². The van der Waals surface area contributed by atoms with Crippen molar-refractivity contribution >= 4 is 72.4 Å². The van der Waals surface area contributed by atoms with Gasteiger partial charge in [-0.15, -0.1) is 0 Å². The molecule has 0 saturated carbocycles. The van der Waals surface area contributed by atoms with Gasteiger partial charge in [0, 0.05) is 32.7 Å². The van der Waals surface area contributed by atoms with E-state index < -0.39 is 8.07 Å². The zero-order valence-electron chi connectivity index (χ0n) is 34.6. The second-order valence-electron chi connectivity index (χ2n) is 16.4. The number of aromatic nitrogens is 2. The van der Waals surface area contributed by atoms with E-state index in [1.165, 1.54) is 86.6 Å². The van der Waals surface area contributed by atoms with Crippen LogP contribution in [-0.2, 0) is 0 Å². The van der Waals surface area contributed by atoms with E-state index in [1.54, 1.807) is 0 Å². The number of benzene rings is 10. The third kappa shape index (κ3) is 5.85. The van der Waals surface area contributed by atoms with Gasteiger partial charge < -0.3 is 9.13 Å². The van der Waals surface area contributed by atoms with Crippen molar-refractivity contribution in [3.05, 3.63) is 255 Å². The molecule has 63 heavy (non-hydrogen) atoms. The summed E-state index contributed by atoms with van der Waals surface area (Å²) >= 11 is 0. The third-order valence-corrected chi connectivity index (χ3v) is 17.8. The van der Waals surface area contributed by atoms with E-state index in [-0.39, 0.29) is 0 Å². The highest BCUT2D eigenvalue weighted by Gasteiger charge is 2.41. The summed E-state index contributed by atoms with van der Waals surface area (Å²) < 4.78 is 5.01. The maximum Gasteiger partial charge on any atom is 0.179 e. The maximum atomic E-state index is 2.53. The molecule has 2 aromatic heterocycles. The lowest BCUT2D eigenvalue weighted by Crippen LogP contribution is -2.74. The Morgan fingerprint density at radius 3 is 1.21 bits per heavy atom. The van der Waals surface area contributed by atoms with Gasteiger partial charge in [0.2, 0.25) is 0 Å². The molecule has 0 saturated heterocycles. The molecule has 0 spiro atoms. The second kappa shape index (κ2) is 15.2. The van der Waals surface area contributed by atoms with Gasteiger partial charge in [0.05, 0.1) is 33.4 Å². The standard InChI is InChI=1S/C60H42N2Si/c1-6-22-43(23-7-1)49-32-16-19-35-55(49)61-57-37-21-18-34-51(57)54-41-52(44-24-8-2-9-25-44)59(42-60(54)61)62-56-36-20-17-33-50(56)53-40-48(38-39-58(53)62)63(45-26-10-3-11-27-45,46-28-12-4-13-29-46)47-30-14-5-15-31-47/h1-42H. The van der Waals surface area contributed by atoms with Crippen LogP contribution in [0.15, 0.2) is 255 Å². The average Bonchev–Trinajstić information content (AvgIpc) is 3.87. The van der Waals surface area contributed by atoms with Gasteiger partial charge in [-0.1, -0.05) is 218 Å². The smallest absolute Gasteiger partial charge is 0.179 e. The Morgan fingerprint density at radius 2 is 0.651 bits per heavy atom. The quantitative estimate of drug-likeness (QED) is 0.107. The minimum absolute atomic E-state index is 1.14. The molecule has 0 radical (unpaired) electrons. The van der Waals surface area contributed by atoms with Crippen molar-refractivity contribution in [2.75, 3.05) is 0 Å². The Hall–Kier alpha value is -7.98. The summed E-state index contributed by atoms with van der Waals surface area (Å²) in [5, 5.41) is 10.4. The number of hydrogen-bond donors (Lipinski definition) is 0. The highest BCUT2D eigenvalue weighted by Crippen LogP contribution is 2.43. The Labute approximate surface area is 368 Å². The predicted molar refractivity (Wildman–Crippen MR) is 270 cm³/mol. The van der Waals surface area contributed by atoms with Gasteiger partial charge in [-0.05, 0) is 68.3 Å². The highest BCUT2D eigenvalue weighted by atomic mass is 28.3. The van der Waals surface area contributed by atoms with Crippen molar-refractivity contribution in [2.45, 2.75) is 0 Å². The topological polar surface area (TPSA) is 9.86 Å². The molecular weight excluding hydrogens is 777 g/mol. The van der Waals surface area contributed by atoms with Crippen LogP contribution in [0.2, 0.25) is 0 Å². The molecule has 12 rings (SSSR count). The first-order valence-electron chi connectivity index (χ1n) is 21.8. The van der Waals surface area contributed by atoms with Crippen molar-refractivity contribution in [2.24, 2.45) is 0 Å². The normalized spacial score (nSPS) is 11.8. The zero-order valence-corrected chi connectivity index (χ0v) is 35.6. The largest absolute Gasteiger partial charge is 0.309 e. The lowest BCUT2D eigenvalue weighted by Gasteiger charge is -2.34. The minimum atomic E-state index is -2.78. The molecule has 2 nitrogen and oxygen atoms in total. The molecule has 0 unspecified atom stereocenters. The SMILES string of the molecule is c1ccc(-c2ccccc2-n2c3ccccc3c3cc(-c4ccccc4)c(-n4c5ccccc5c5cc([Si](c6ccccc6)(c6ccccc6)c6ccccc6)ccc54)cc32)cc1. The molecule has 0 amide bonds. The van der Waals surface area contributed by atoms with Crippen molar-refractivity contribution < 1.29 is 0 Å². The van der Waals surface area contributed by atoms with Gasteiger partial charge in [-0.3, -0.25) is 0 Å². The first-order valence-corrected chi connectivity index (χ1v) is 23.8. The van der Waals surface area contributed by atoms with E-state index in [4.69, 9.17) is 0 Å². The fraction of sp³-hybridized carbons (Fsp3) is 0. The number of para-hydroxylation sites is 3. The van der Waals surface area contributed by atoms with Crippen molar-refractivity contribution in [3.8, 4) is 33.6 Å². The number of fused-ring (bicyclic) bond motifs is 6. The summed E-state index contributed by atoms with van der Waals surface area (Å²) in [6.45, 7) is 0. The van der Waals surface area contributed by atoms with Crippen LogP contribution < -0.4 is 20.7 Å². The third-order valence-electron chi connectivity index (χ3n) is 13.1. The van der Waals surface area contributed by atoms with Crippen LogP contribution in [0.1, 0.15) is 0 Å². The van der Waals surface area contributed by atoms with Crippen LogP contribution in [0.25, 0.3) is 77.2 Å². The zero-order chi connectivity index (χ0) is 41.7. The number of nitrogens with zero attached hydrogens (tertiary/aromatic N) is 2. The monoisotopic (exact) mass is 818 g/mol. The van der Waals surface area contributed by atoms with E-state index in [0.717, 1.165) is 11.4 Å². The fourth-order valence-electron chi connectivity index (χ4n) is 10.4. The van der Waals surface area contributed by atoms with Crippen LogP contribution >= 0.6 is 0 Å². The molecular formula is C60H42N2Si. The predicted octanol–water partition coefficient (Wildman–Crippen LogP) is 12.6. The second-order valence-corrected chi connectivity index (χ2v) is 20.2. The van der Waals surface area contributed by atoms with Crippen LogP contribution in [-0.4, -0.2) is 17.2 Å². The Kier molecular flexibility index (Phi) is 8.87. The molecule has 2 heterocycles. The molecule has 0 aliphatic carbocycles. The molecule has 0 fully saturated rings. The number of rotatable bonds is 8. The summed E-state index contributed by atoms with van der Waals surface area (Å²) in [7, 11) is -2.78. The maximum absolute atomic E-state index is 2.78. The molecule has 12 aromatic rings. The Balaban J connectivity index is 1.19. The van der Waals surface area contributed by atoms with Crippen LogP contribution in [0.3, 0.4) is 0 Å². The Morgan fingerprint density at radius 1 is 0.238 bits per heavy atom. The molecule has 0 aliphatic rings. The van der Waals surface area contributed by atoms with Crippen molar-refractivity contribution in [3.63, 3.8) is 0 Å². The van der Waals surface area contributed by atoms with Gasteiger partial charge in [-0.2, -0.15) is 0 Å². The molecule has 10 aromatic carbocycles. The molecule has 0 N–H and O–H groups in total. The molecule has 3 heteroatoms. The molecule has 296 valence electrons. The van der Waals surface area contributed by atoms with Crippen molar-refractivity contribution in [1.29, 1.82) is 0 Å². The Bertz CT molecular complexity index is 3500. The lowest BCUT2D eigenvalue weighted by molar-refractivity contribution is 1.16. The van der Waals surface area contributed by atoms with E-state index in [9.17, 15) is 0 Å². The lowest BCUT2D eigenvalue weighted by atomic mass is 10.00. The first-order chi connectivity index (χ1) is 31.3. The first kappa shape index (κ1) is 36.8. The summed E-state index contributed by atoms with van der Waals surface area (Å²) in [4.78, 5) is 0. The average molecular weight is 819 g/mol. The highest BCUT2D eigenvalue weighted by molar-refractivity contribution is 7.20. The minimum Gasteiger partial charge on any atom is -0.309 e. The molecule has 0 aliphatic heterocycles. The van der Waals surface area contributed by atoms with Crippen LogP contribution in [0.4, 0.5) is 0 Å². The summed E-state index contributed by atoms with van der Waals surface area (Å²) in [5.41, 5.74) is 11.8. The summed E-state index contributed by atoms with van der Waals surface area (Å²) in [6.07, 6.45) is 0. The van der Waals surface area contributed by atoms with E-state index in [0.29, 0.717) is 0 Å². The van der Waals surface area contributed by atoms with E-state index in [2.05, 4.69) is 264 Å². The molecule has 0 bridgehead atoms. The van der Waals surface area contributed by atoms with Crippen molar-refractivity contribution in [1.82, 2.24) is 9.13 Å². The number of hydrogen-bond acceptors (Lipinski definition) is 0. The van der Waals surface area contributed by atoms with Gasteiger partial charge >= 0.3 is 0 Å². The molecule has 0 atom stereocenters.